The zero-order chi connectivity index (χ0) is 24.4. The first-order valence-corrected chi connectivity index (χ1v) is 11.0. The van der Waals surface area contributed by atoms with Crippen LogP contribution in [0, 0.1) is 0 Å². The molecule has 1 heterocycles. The molecular weight excluding hydrogens is 420 g/mol. The highest BCUT2D eigenvalue weighted by atomic mass is 16.2. The minimum atomic E-state index is -0.833. The lowest BCUT2D eigenvalue weighted by Gasteiger charge is -2.20. The molecule has 1 aromatic heterocycles. The first kappa shape index (κ1) is 25.9. The van der Waals surface area contributed by atoms with Gasteiger partial charge in [0.2, 0.25) is 11.8 Å². The Hall–Kier alpha value is -3.40. The van der Waals surface area contributed by atoms with Crippen LogP contribution in [-0.4, -0.2) is 46.4 Å². The fraction of sp³-hybridized carbons (Fsp3) is 0.478. The van der Waals surface area contributed by atoms with E-state index in [1.54, 1.807) is 6.20 Å². The number of H-pyrrole nitrogens is 1. The Kier molecular flexibility index (Phi) is 9.41. The van der Waals surface area contributed by atoms with E-state index in [1.807, 2.05) is 51.1 Å². The van der Waals surface area contributed by atoms with Crippen molar-refractivity contribution in [3.63, 3.8) is 0 Å². The summed E-state index contributed by atoms with van der Waals surface area (Å²) in [6.45, 7) is 6.85. The van der Waals surface area contributed by atoms with Crippen molar-refractivity contribution in [1.29, 1.82) is 0 Å². The van der Waals surface area contributed by atoms with Crippen molar-refractivity contribution in [3.8, 4) is 0 Å². The Labute approximate surface area is 194 Å². The Balaban J connectivity index is 1.98. The molecule has 9 N–H and O–H groups in total. The van der Waals surface area contributed by atoms with E-state index in [1.165, 1.54) is 0 Å². The first-order valence-electron chi connectivity index (χ1n) is 11.0. The number of rotatable bonds is 11. The van der Waals surface area contributed by atoms with Gasteiger partial charge in [-0.15, -0.1) is 0 Å². The molecule has 0 spiro atoms. The summed E-state index contributed by atoms with van der Waals surface area (Å²) in [5, 5.41) is 5.64. The Morgan fingerprint density at radius 3 is 2.45 bits per heavy atom. The second-order valence-corrected chi connectivity index (χ2v) is 9.03. The summed E-state index contributed by atoms with van der Waals surface area (Å²) in [7, 11) is 0. The molecule has 180 valence electrons. The highest BCUT2D eigenvalue weighted by Gasteiger charge is 2.25. The van der Waals surface area contributed by atoms with Crippen LogP contribution >= 0.6 is 0 Å². The topological polar surface area (TPSA) is 177 Å². The molecule has 10 heteroatoms. The second kappa shape index (κ2) is 12.0. The molecule has 0 aliphatic rings. The number of benzene rings is 1. The minimum Gasteiger partial charge on any atom is -0.370 e. The van der Waals surface area contributed by atoms with Crippen molar-refractivity contribution in [2.45, 2.75) is 64.1 Å². The zero-order valence-corrected chi connectivity index (χ0v) is 19.6. The van der Waals surface area contributed by atoms with Gasteiger partial charge in [-0.3, -0.25) is 14.6 Å². The van der Waals surface area contributed by atoms with Crippen molar-refractivity contribution in [3.05, 3.63) is 53.6 Å². The van der Waals surface area contributed by atoms with Crippen LogP contribution in [-0.2, 0) is 28.0 Å². The maximum absolute atomic E-state index is 12.8. The van der Waals surface area contributed by atoms with Gasteiger partial charge in [0.1, 0.15) is 11.9 Å². The Bertz CT molecular complexity index is 929. The predicted octanol–water partition coefficient (Wildman–Crippen LogP) is 0.432. The number of nitrogens with two attached hydrogens (primary N) is 3. The van der Waals surface area contributed by atoms with E-state index < -0.39 is 18.0 Å². The summed E-state index contributed by atoms with van der Waals surface area (Å²) in [5.41, 5.74) is 18.4. The summed E-state index contributed by atoms with van der Waals surface area (Å²) in [5.74, 6) is 0.104. The average Bonchev–Trinajstić information content (AvgIpc) is 3.23. The summed E-state index contributed by atoms with van der Waals surface area (Å²) in [6, 6.07) is 7.94. The molecule has 0 fully saturated rings. The number of aromatic nitrogens is 2. The number of carbonyl (C=O) groups excluding carboxylic acids is 2. The predicted molar refractivity (Wildman–Crippen MR) is 129 cm³/mol. The summed E-state index contributed by atoms with van der Waals surface area (Å²) in [4.78, 5) is 37.1. The van der Waals surface area contributed by atoms with Crippen LogP contribution in [0.2, 0.25) is 0 Å². The minimum absolute atomic E-state index is 0.0136. The first-order chi connectivity index (χ1) is 15.6. The number of aliphatic imine (C=N–C) groups is 1. The summed E-state index contributed by atoms with van der Waals surface area (Å²) < 4.78 is 0. The molecule has 0 saturated heterocycles. The number of carbonyl (C=O) groups is 2. The smallest absolute Gasteiger partial charge is 0.242 e. The number of nitrogens with one attached hydrogen (secondary N) is 3. The number of hydrogen-bond acceptors (Lipinski definition) is 5. The Morgan fingerprint density at radius 2 is 1.85 bits per heavy atom. The van der Waals surface area contributed by atoms with Gasteiger partial charge in [-0.1, -0.05) is 51.1 Å². The highest BCUT2D eigenvalue weighted by molar-refractivity contribution is 5.89. The molecule has 2 amide bonds. The van der Waals surface area contributed by atoms with E-state index in [0.717, 1.165) is 17.1 Å². The van der Waals surface area contributed by atoms with Gasteiger partial charge in [0.05, 0.1) is 6.04 Å². The van der Waals surface area contributed by atoms with Gasteiger partial charge < -0.3 is 32.8 Å². The number of amides is 2. The molecule has 10 nitrogen and oxygen atoms in total. The third-order valence-electron chi connectivity index (χ3n) is 5.00. The SMILES string of the molecule is CC(C)(C)c1ncc(C[C@H](N)C(=O)N[C@@H](CCCN=C(N)N)C(=O)NCc2ccccc2)[nH]1. The van der Waals surface area contributed by atoms with Gasteiger partial charge in [-0.25, -0.2) is 4.98 Å². The van der Waals surface area contributed by atoms with Crippen molar-refractivity contribution in [2.24, 2.45) is 22.2 Å². The van der Waals surface area contributed by atoms with E-state index in [4.69, 9.17) is 17.2 Å². The fourth-order valence-corrected chi connectivity index (χ4v) is 3.13. The Morgan fingerprint density at radius 1 is 1.15 bits per heavy atom. The highest BCUT2D eigenvalue weighted by Crippen LogP contribution is 2.18. The number of imidazole rings is 1. The van der Waals surface area contributed by atoms with Crippen LogP contribution in [0.25, 0.3) is 0 Å². The second-order valence-electron chi connectivity index (χ2n) is 9.03. The van der Waals surface area contributed by atoms with Gasteiger partial charge in [0, 0.05) is 36.8 Å². The number of aromatic amines is 1. The molecule has 0 bridgehead atoms. The van der Waals surface area contributed by atoms with Gasteiger partial charge in [-0.2, -0.15) is 0 Å². The lowest BCUT2D eigenvalue weighted by Crippen LogP contribution is -2.52. The lowest BCUT2D eigenvalue weighted by molar-refractivity contribution is -0.129. The van der Waals surface area contributed by atoms with Crippen LogP contribution < -0.4 is 27.8 Å². The maximum atomic E-state index is 12.8. The van der Waals surface area contributed by atoms with Crippen LogP contribution in [0.4, 0.5) is 0 Å². The summed E-state index contributed by atoms with van der Waals surface area (Å²) >= 11 is 0. The average molecular weight is 457 g/mol. The molecule has 1 aromatic carbocycles. The zero-order valence-electron chi connectivity index (χ0n) is 19.6. The molecule has 0 aliphatic carbocycles. The molecule has 0 aliphatic heterocycles. The number of nitrogens with zero attached hydrogens (tertiary/aromatic N) is 2. The van der Waals surface area contributed by atoms with Gasteiger partial charge >= 0.3 is 0 Å². The molecular formula is C23H36N8O2. The molecule has 0 unspecified atom stereocenters. The van der Waals surface area contributed by atoms with Crippen molar-refractivity contribution in [1.82, 2.24) is 20.6 Å². The number of hydrogen-bond donors (Lipinski definition) is 6. The van der Waals surface area contributed by atoms with E-state index in [-0.39, 0.29) is 23.7 Å². The number of guanidine groups is 1. The largest absolute Gasteiger partial charge is 0.370 e. The normalized spacial score (nSPS) is 13.1. The molecule has 2 rings (SSSR count). The van der Waals surface area contributed by atoms with Crippen LogP contribution in [0.1, 0.15) is 50.7 Å². The van der Waals surface area contributed by atoms with Crippen LogP contribution in [0.5, 0.6) is 0 Å². The summed E-state index contributed by atoms with van der Waals surface area (Å²) in [6.07, 6.45) is 2.86. The molecule has 2 aromatic rings. The molecule has 33 heavy (non-hydrogen) atoms. The van der Waals surface area contributed by atoms with Gasteiger partial charge in [0.15, 0.2) is 5.96 Å². The maximum Gasteiger partial charge on any atom is 0.242 e. The van der Waals surface area contributed by atoms with E-state index in [9.17, 15) is 9.59 Å². The lowest BCUT2D eigenvalue weighted by atomic mass is 9.96. The fourth-order valence-electron chi connectivity index (χ4n) is 3.13. The van der Waals surface area contributed by atoms with Crippen LogP contribution in [0.15, 0.2) is 41.5 Å². The standard InChI is InChI=1S/C23H36N8O2/c1-23(2,3)21-29-14-16(30-21)12-17(24)19(32)31-18(10-7-11-27-22(25)26)20(33)28-13-15-8-5-4-6-9-15/h4-6,8-9,14,17-18H,7,10-13,24H2,1-3H3,(H,28,33)(H,29,30)(H,31,32)(H4,25,26,27)/t17-,18-/m0/s1. The molecule has 0 saturated carbocycles. The van der Waals surface area contributed by atoms with Crippen LogP contribution in [0.3, 0.4) is 0 Å². The third-order valence-corrected chi connectivity index (χ3v) is 5.00. The van der Waals surface area contributed by atoms with Gasteiger partial charge in [-0.05, 0) is 18.4 Å². The third kappa shape index (κ3) is 8.93. The van der Waals surface area contributed by atoms with E-state index in [2.05, 4.69) is 25.6 Å². The monoisotopic (exact) mass is 456 g/mol. The van der Waals surface area contributed by atoms with Crippen molar-refractivity contribution in [2.75, 3.05) is 6.54 Å². The quantitative estimate of drug-likeness (QED) is 0.162. The van der Waals surface area contributed by atoms with Gasteiger partial charge in [0.25, 0.3) is 0 Å². The molecule has 0 radical (unpaired) electrons. The van der Waals surface area contributed by atoms with E-state index in [0.29, 0.717) is 25.9 Å². The molecule has 2 atom stereocenters. The van der Waals surface area contributed by atoms with Crippen molar-refractivity contribution >= 4 is 17.8 Å². The van der Waals surface area contributed by atoms with Crippen molar-refractivity contribution < 1.29 is 9.59 Å². The van der Waals surface area contributed by atoms with E-state index >= 15 is 0 Å².